The van der Waals surface area contributed by atoms with E-state index in [0.29, 0.717) is 6.10 Å². The number of H-pyrrole nitrogens is 1. The first-order valence-corrected chi connectivity index (χ1v) is 9.89. The lowest BCUT2D eigenvalue weighted by Crippen LogP contribution is -2.48. The monoisotopic (exact) mass is 335 g/mol. The van der Waals surface area contributed by atoms with E-state index in [-0.39, 0.29) is 17.3 Å². The van der Waals surface area contributed by atoms with Gasteiger partial charge in [-0.15, -0.1) is 0 Å². The molecule has 0 aliphatic heterocycles. The number of aromatic amines is 1. The van der Waals surface area contributed by atoms with E-state index in [2.05, 4.69) is 17.1 Å². The van der Waals surface area contributed by atoms with Crippen LogP contribution < -0.4 is 5.69 Å². The van der Waals surface area contributed by atoms with Gasteiger partial charge in [-0.1, -0.05) is 51.4 Å². The molecule has 3 rings (SSSR count). The Labute approximate surface area is 145 Å². The molecule has 2 aliphatic rings. The summed E-state index contributed by atoms with van der Waals surface area (Å²) >= 11 is 0. The molecule has 5 nitrogen and oxygen atoms in total. The van der Waals surface area contributed by atoms with Crippen LogP contribution in [-0.4, -0.2) is 26.5 Å². The van der Waals surface area contributed by atoms with E-state index >= 15 is 0 Å². The molecule has 24 heavy (non-hydrogen) atoms. The molecule has 1 aromatic heterocycles. The second kappa shape index (κ2) is 7.85. The van der Waals surface area contributed by atoms with Crippen LogP contribution in [0, 0.1) is 6.92 Å². The van der Waals surface area contributed by atoms with Gasteiger partial charge in [-0.3, -0.25) is 4.57 Å². The smallest absolute Gasteiger partial charge is 0.343 e. The number of rotatable bonds is 3. The largest absolute Gasteiger partial charge is 0.372 e. The summed E-state index contributed by atoms with van der Waals surface area (Å²) in [6.07, 6.45) is 15.5. The fraction of sp³-hybridized carbons (Fsp3) is 0.895. The summed E-state index contributed by atoms with van der Waals surface area (Å²) < 4.78 is 8.34. The lowest BCUT2D eigenvalue weighted by Gasteiger charge is -2.47. The van der Waals surface area contributed by atoms with Gasteiger partial charge in [0.05, 0.1) is 11.7 Å². The first-order valence-electron chi connectivity index (χ1n) is 9.89. The number of aryl methyl sites for hydroxylation is 1. The van der Waals surface area contributed by atoms with Gasteiger partial charge in [0.2, 0.25) is 0 Å². The van der Waals surface area contributed by atoms with Crippen molar-refractivity contribution in [3.05, 3.63) is 16.3 Å². The predicted octanol–water partition coefficient (Wildman–Crippen LogP) is 4.27. The highest BCUT2D eigenvalue weighted by Gasteiger charge is 2.44. The Hall–Kier alpha value is -1.10. The third-order valence-electron chi connectivity index (χ3n) is 5.83. The first kappa shape index (κ1) is 17.7. The first-order chi connectivity index (χ1) is 11.6. The van der Waals surface area contributed by atoms with E-state index in [1.807, 2.05) is 6.92 Å². The third kappa shape index (κ3) is 4.29. The molecule has 136 valence electrons. The highest BCUT2D eigenvalue weighted by atomic mass is 16.5. The molecular formula is C19H33N3O2. The topological polar surface area (TPSA) is 59.9 Å². The van der Waals surface area contributed by atoms with E-state index in [1.165, 1.54) is 64.2 Å². The van der Waals surface area contributed by atoms with Crippen molar-refractivity contribution in [1.29, 1.82) is 0 Å². The molecule has 0 unspecified atom stereocenters. The number of aromatic nitrogens is 3. The maximum Gasteiger partial charge on any atom is 0.343 e. The summed E-state index contributed by atoms with van der Waals surface area (Å²) in [7, 11) is 0. The van der Waals surface area contributed by atoms with Gasteiger partial charge in [0.1, 0.15) is 5.82 Å². The summed E-state index contributed by atoms with van der Waals surface area (Å²) in [5.74, 6) is 0.780. The Morgan fingerprint density at radius 3 is 2.08 bits per heavy atom. The van der Waals surface area contributed by atoms with Crippen LogP contribution in [0.1, 0.15) is 95.8 Å². The van der Waals surface area contributed by atoms with Crippen molar-refractivity contribution < 1.29 is 4.74 Å². The number of nitrogens with one attached hydrogen (secondary N) is 1. The molecule has 1 heterocycles. The third-order valence-corrected chi connectivity index (χ3v) is 5.83. The summed E-state index contributed by atoms with van der Waals surface area (Å²) in [6.45, 7) is 4.10. The number of ether oxygens (including phenoxy) is 1. The van der Waals surface area contributed by atoms with Crippen LogP contribution in [0.2, 0.25) is 0 Å². The molecule has 2 fully saturated rings. The van der Waals surface area contributed by atoms with Crippen molar-refractivity contribution in [2.75, 3.05) is 0 Å². The Balaban J connectivity index is 1.53. The standard InChI is InChI=1S/C19H33N3O2/c1-15-20-21-18(23)22(15)16-13-19(2,14-16)24-17-11-9-7-5-3-4-6-8-10-12-17/h16-17H,3-14H2,1-2H3,(H,21,23). The second-order valence-corrected chi connectivity index (χ2v) is 8.10. The van der Waals surface area contributed by atoms with Crippen molar-refractivity contribution in [1.82, 2.24) is 14.8 Å². The Morgan fingerprint density at radius 2 is 1.58 bits per heavy atom. The molecule has 0 aromatic carbocycles. The van der Waals surface area contributed by atoms with Crippen LogP contribution in [0.25, 0.3) is 0 Å². The molecule has 0 bridgehead atoms. The SMILES string of the molecule is Cc1n[nH]c(=O)n1C1CC(C)(OC2CCCCCCCCCC2)C1. The van der Waals surface area contributed by atoms with Crippen LogP contribution in [0.15, 0.2) is 4.79 Å². The average Bonchev–Trinajstić information content (AvgIpc) is 2.81. The molecule has 0 atom stereocenters. The molecule has 1 aromatic rings. The maximum atomic E-state index is 11.9. The van der Waals surface area contributed by atoms with Gasteiger partial charge in [0.15, 0.2) is 0 Å². The molecule has 0 radical (unpaired) electrons. The highest BCUT2D eigenvalue weighted by Crippen LogP contribution is 2.45. The minimum Gasteiger partial charge on any atom is -0.372 e. The van der Waals surface area contributed by atoms with E-state index in [4.69, 9.17) is 4.74 Å². The van der Waals surface area contributed by atoms with Crippen molar-refractivity contribution in [2.24, 2.45) is 0 Å². The minimum atomic E-state index is -0.0884. The van der Waals surface area contributed by atoms with Crippen molar-refractivity contribution >= 4 is 0 Å². The van der Waals surface area contributed by atoms with Crippen LogP contribution in [0.4, 0.5) is 0 Å². The lowest BCUT2D eigenvalue weighted by atomic mass is 9.76. The van der Waals surface area contributed by atoms with E-state index in [9.17, 15) is 4.79 Å². The van der Waals surface area contributed by atoms with Crippen LogP contribution in [0.3, 0.4) is 0 Å². The van der Waals surface area contributed by atoms with Gasteiger partial charge in [-0.2, -0.15) is 5.10 Å². The highest BCUT2D eigenvalue weighted by molar-refractivity contribution is 5.00. The summed E-state index contributed by atoms with van der Waals surface area (Å²) in [6, 6.07) is 0.240. The molecule has 1 N–H and O–H groups in total. The normalized spacial score (nSPS) is 30.5. The van der Waals surface area contributed by atoms with Gasteiger partial charge < -0.3 is 4.74 Å². The summed E-state index contributed by atoms with van der Waals surface area (Å²) in [5.41, 5.74) is -0.159. The zero-order chi connectivity index (χ0) is 17.0. The number of hydrogen-bond donors (Lipinski definition) is 1. The minimum absolute atomic E-state index is 0.0708. The molecule has 2 saturated carbocycles. The number of hydrogen-bond acceptors (Lipinski definition) is 3. The van der Waals surface area contributed by atoms with Crippen LogP contribution >= 0.6 is 0 Å². The predicted molar refractivity (Wildman–Crippen MR) is 95.3 cm³/mol. The van der Waals surface area contributed by atoms with Gasteiger partial charge >= 0.3 is 5.69 Å². The van der Waals surface area contributed by atoms with Crippen LogP contribution in [-0.2, 0) is 4.74 Å². The van der Waals surface area contributed by atoms with Crippen molar-refractivity contribution in [3.8, 4) is 0 Å². The van der Waals surface area contributed by atoms with Gasteiger partial charge in [-0.05, 0) is 39.5 Å². The fourth-order valence-corrected chi connectivity index (χ4v) is 4.50. The quantitative estimate of drug-likeness (QED) is 0.897. The maximum absolute atomic E-state index is 11.9. The van der Waals surface area contributed by atoms with E-state index in [0.717, 1.165) is 18.7 Å². The molecule has 0 spiro atoms. The lowest BCUT2D eigenvalue weighted by molar-refractivity contribution is -0.152. The molecular weight excluding hydrogens is 302 g/mol. The van der Waals surface area contributed by atoms with Crippen molar-refractivity contribution in [2.45, 2.75) is 109 Å². The zero-order valence-corrected chi connectivity index (χ0v) is 15.4. The van der Waals surface area contributed by atoms with Gasteiger partial charge in [-0.25, -0.2) is 9.89 Å². The molecule has 5 heteroatoms. The van der Waals surface area contributed by atoms with E-state index in [1.54, 1.807) is 4.57 Å². The van der Waals surface area contributed by atoms with Gasteiger partial charge in [0.25, 0.3) is 0 Å². The number of nitrogens with zero attached hydrogens (tertiary/aromatic N) is 2. The van der Waals surface area contributed by atoms with Crippen molar-refractivity contribution in [3.63, 3.8) is 0 Å². The fourth-order valence-electron chi connectivity index (χ4n) is 4.50. The average molecular weight is 335 g/mol. The Morgan fingerprint density at radius 1 is 1.04 bits per heavy atom. The Kier molecular flexibility index (Phi) is 5.80. The summed E-state index contributed by atoms with van der Waals surface area (Å²) in [5, 5.41) is 6.56. The molecule has 0 saturated heterocycles. The zero-order valence-electron chi connectivity index (χ0n) is 15.4. The molecule has 0 amide bonds. The Bertz CT molecular complexity index is 559. The van der Waals surface area contributed by atoms with Gasteiger partial charge in [0, 0.05) is 6.04 Å². The second-order valence-electron chi connectivity index (χ2n) is 8.10. The van der Waals surface area contributed by atoms with E-state index < -0.39 is 0 Å². The molecule has 2 aliphatic carbocycles. The summed E-state index contributed by atoms with van der Waals surface area (Å²) in [4.78, 5) is 11.9. The van der Waals surface area contributed by atoms with Crippen LogP contribution in [0.5, 0.6) is 0 Å².